The van der Waals surface area contributed by atoms with Gasteiger partial charge in [-0.05, 0) is 67.9 Å². The van der Waals surface area contributed by atoms with Gasteiger partial charge in [0.25, 0.3) is 0 Å². The van der Waals surface area contributed by atoms with Crippen molar-refractivity contribution >= 4 is 27.2 Å². The molecule has 8 heteroatoms. The van der Waals surface area contributed by atoms with Crippen molar-refractivity contribution in [2.75, 3.05) is 16.3 Å². The molecule has 4 rings (SSSR count). The highest BCUT2D eigenvalue weighted by Crippen LogP contribution is 2.27. The molecule has 0 saturated heterocycles. The third-order valence-electron chi connectivity index (χ3n) is 4.69. The van der Waals surface area contributed by atoms with Gasteiger partial charge in [0.2, 0.25) is 10.0 Å². The second kappa shape index (κ2) is 8.23. The number of rotatable bonds is 6. The SMILES string of the molecule is Cc1cc(-c2ccnc(Nc3ccc(NS(C)(=O)=O)cc3)c2)n(-c2ccccc2C)n1. The topological polar surface area (TPSA) is 88.9 Å². The van der Waals surface area contributed by atoms with Gasteiger partial charge in [0, 0.05) is 23.1 Å². The molecule has 2 N–H and O–H groups in total. The van der Waals surface area contributed by atoms with Crippen molar-refractivity contribution < 1.29 is 8.42 Å². The van der Waals surface area contributed by atoms with E-state index in [9.17, 15) is 8.42 Å². The number of aryl methyl sites for hydroxylation is 2. The van der Waals surface area contributed by atoms with Crippen LogP contribution in [0.15, 0.2) is 72.9 Å². The van der Waals surface area contributed by atoms with Crippen LogP contribution in [-0.2, 0) is 10.0 Å². The molecule has 0 fully saturated rings. The lowest BCUT2D eigenvalue weighted by Crippen LogP contribution is -2.09. The molecular weight excluding hydrogens is 410 g/mol. The highest BCUT2D eigenvalue weighted by Gasteiger charge is 2.12. The third-order valence-corrected chi connectivity index (χ3v) is 5.30. The quantitative estimate of drug-likeness (QED) is 0.461. The van der Waals surface area contributed by atoms with E-state index in [-0.39, 0.29) is 0 Å². The van der Waals surface area contributed by atoms with Crippen molar-refractivity contribution in [3.63, 3.8) is 0 Å². The average molecular weight is 434 g/mol. The summed E-state index contributed by atoms with van der Waals surface area (Å²) in [5.74, 6) is 0.677. The Bertz CT molecular complexity index is 1330. The Morgan fingerprint density at radius 1 is 0.903 bits per heavy atom. The zero-order valence-electron chi connectivity index (χ0n) is 17.5. The van der Waals surface area contributed by atoms with E-state index in [0.29, 0.717) is 11.5 Å². The Labute approximate surface area is 181 Å². The average Bonchev–Trinajstić information content (AvgIpc) is 3.10. The van der Waals surface area contributed by atoms with Crippen LogP contribution in [0.25, 0.3) is 16.9 Å². The van der Waals surface area contributed by atoms with Crippen molar-refractivity contribution in [2.45, 2.75) is 13.8 Å². The fraction of sp³-hybridized carbons (Fsp3) is 0.130. The van der Waals surface area contributed by atoms with Crippen molar-refractivity contribution in [1.29, 1.82) is 0 Å². The Kier molecular flexibility index (Phi) is 5.48. The van der Waals surface area contributed by atoms with Crippen LogP contribution in [0.2, 0.25) is 0 Å². The van der Waals surface area contributed by atoms with Gasteiger partial charge >= 0.3 is 0 Å². The van der Waals surface area contributed by atoms with Gasteiger partial charge in [-0.15, -0.1) is 0 Å². The zero-order valence-corrected chi connectivity index (χ0v) is 18.3. The molecule has 0 unspecified atom stereocenters. The first-order valence-electron chi connectivity index (χ1n) is 9.72. The maximum atomic E-state index is 11.4. The Hall–Kier alpha value is -3.65. The summed E-state index contributed by atoms with van der Waals surface area (Å²) in [4.78, 5) is 4.42. The summed E-state index contributed by atoms with van der Waals surface area (Å²) in [5.41, 5.74) is 6.37. The van der Waals surface area contributed by atoms with Crippen LogP contribution in [0.4, 0.5) is 17.2 Å². The Morgan fingerprint density at radius 2 is 1.61 bits per heavy atom. The molecule has 0 bridgehead atoms. The lowest BCUT2D eigenvalue weighted by molar-refractivity contribution is 0.607. The van der Waals surface area contributed by atoms with Crippen molar-refractivity contribution in [1.82, 2.24) is 14.8 Å². The number of aromatic nitrogens is 3. The molecule has 158 valence electrons. The van der Waals surface area contributed by atoms with E-state index in [2.05, 4.69) is 40.1 Å². The molecule has 31 heavy (non-hydrogen) atoms. The second-order valence-corrected chi connectivity index (χ2v) is 9.12. The van der Waals surface area contributed by atoms with Gasteiger partial charge in [-0.25, -0.2) is 18.1 Å². The largest absolute Gasteiger partial charge is 0.340 e. The van der Waals surface area contributed by atoms with E-state index < -0.39 is 10.0 Å². The summed E-state index contributed by atoms with van der Waals surface area (Å²) in [6.07, 6.45) is 2.87. The number of nitrogens with one attached hydrogen (secondary N) is 2. The van der Waals surface area contributed by atoms with E-state index in [1.54, 1.807) is 30.5 Å². The Morgan fingerprint density at radius 3 is 2.32 bits per heavy atom. The molecule has 0 atom stereocenters. The minimum atomic E-state index is -3.30. The normalized spacial score (nSPS) is 11.3. The number of pyridine rings is 1. The summed E-state index contributed by atoms with van der Waals surface area (Å²) in [6, 6.07) is 21.1. The minimum Gasteiger partial charge on any atom is -0.340 e. The van der Waals surface area contributed by atoms with Crippen LogP contribution in [0, 0.1) is 13.8 Å². The summed E-state index contributed by atoms with van der Waals surface area (Å²) in [6.45, 7) is 4.04. The van der Waals surface area contributed by atoms with E-state index in [1.165, 1.54) is 0 Å². The second-order valence-electron chi connectivity index (χ2n) is 7.38. The van der Waals surface area contributed by atoms with Gasteiger partial charge in [-0.2, -0.15) is 5.10 Å². The molecule has 2 heterocycles. The van der Waals surface area contributed by atoms with Crippen LogP contribution < -0.4 is 10.0 Å². The first kappa shape index (κ1) is 20.6. The first-order chi connectivity index (χ1) is 14.8. The van der Waals surface area contributed by atoms with E-state index in [1.807, 2.05) is 35.9 Å². The standard InChI is InChI=1S/C23H23N5O2S/c1-16-6-4-5-7-21(16)28-22(14-17(2)26-28)18-12-13-24-23(15-18)25-19-8-10-20(11-9-19)27-31(3,29)30/h4-15,27H,1-3H3,(H,24,25). The van der Waals surface area contributed by atoms with E-state index in [4.69, 9.17) is 5.10 Å². The number of sulfonamides is 1. The summed E-state index contributed by atoms with van der Waals surface area (Å²) < 4.78 is 27.1. The molecule has 4 aromatic rings. The van der Waals surface area contributed by atoms with Crippen LogP contribution >= 0.6 is 0 Å². The third kappa shape index (κ3) is 4.92. The molecule has 2 aromatic heterocycles. The van der Waals surface area contributed by atoms with Gasteiger partial charge in [0.05, 0.1) is 23.3 Å². The van der Waals surface area contributed by atoms with E-state index in [0.717, 1.165) is 40.1 Å². The summed E-state index contributed by atoms with van der Waals surface area (Å²) >= 11 is 0. The molecule has 2 aromatic carbocycles. The predicted molar refractivity (Wildman–Crippen MR) is 124 cm³/mol. The number of hydrogen-bond donors (Lipinski definition) is 2. The van der Waals surface area contributed by atoms with Crippen LogP contribution in [0.5, 0.6) is 0 Å². The number of anilines is 3. The molecular formula is C23H23N5O2S. The fourth-order valence-electron chi connectivity index (χ4n) is 3.33. The molecule has 0 amide bonds. The maximum Gasteiger partial charge on any atom is 0.229 e. The van der Waals surface area contributed by atoms with Gasteiger partial charge in [0.1, 0.15) is 5.82 Å². The monoisotopic (exact) mass is 433 g/mol. The van der Waals surface area contributed by atoms with Crippen molar-refractivity contribution in [2.24, 2.45) is 0 Å². The smallest absolute Gasteiger partial charge is 0.229 e. The van der Waals surface area contributed by atoms with Gasteiger partial charge in [0.15, 0.2) is 0 Å². The number of nitrogens with zero attached hydrogens (tertiary/aromatic N) is 3. The molecule has 0 radical (unpaired) electrons. The zero-order chi connectivity index (χ0) is 22.0. The Balaban J connectivity index is 1.62. The lowest BCUT2D eigenvalue weighted by Gasteiger charge is -2.12. The minimum absolute atomic E-state index is 0.507. The van der Waals surface area contributed by atoms with Crippen LogP contribution in [0.3, 0.4) is 0 Å². The number of hydrogen-bond acceptors (Lipinski definition) is 5. The van der Waals surface area contributed by atoms with Gasteiger partial charge in [-0.1, -0.05) is 18.2 Å². The first-order valence-corrected chi connectivity index (χ1v) is 11.6. The highest BCUT2D eigenvalue weighted by atomic mass is 32.2. The van der Waals surface area contributed by atoms with Crippen molar-refractivity contribution in [3.8, 4) is 16.9 Å². The number of benzene rings is 2. The van der Waals surface area contributed by atoms with E-state index >= 15 is 0 Å². The van der Waals surface area contributed by atoms with Crippen LogP contribution in [0.1, 0.15) is 11.3 Å². The summed E-state index contributed by atoms with van der Waals surface area (Å²) in [7, 11) is -3.30. The molecule has 0 aliphatic heterocycles. The molecule has 0 saturated carbocycles. The molecule has 0 aliphatic carbocycles. The summed E-state index contributed by atoms with van der Waals surface area (Å²) in [5, 5.41) is 7.95. The number of para-hydroxylation sites is 1. The molecule has 0 spiro atoms. The predicted octanol–water partition coefficient (Wildman–Crippen LogP) is 4.67. The van der Waals surface area contributed by atoms with Gasteiger partial charge < -0.3 is 5.32 Å². The van der Waals surface area contributed by atoms with Gasteiger partial charge in [-0.3, -0.25) is 4.72 Å². The lowest BCUT2D eigenvalue weighted by atomic mass is 10.1. The highest BCUT2D eigenvalue weighted by molar-refractivity contribution is 7.92. The van der Waals surface area contributed by atoms with Crippen LogP contribution in [-0.4, -0.2) is 29.4 Å². The maximum absolute atomic E-state index is 11.4. The fourth-order valence-corrected chi connectivity index (χ4v) is 3.90. The molecule has 7 nitrogen and oxygen atoms in total. The van der Waals surface area contributed by atoms with Crippen molar-refractivity contribution in [3.05, 3.63) is 84.2 Å². The molecule has 0 aliphatic rings.